The average molecular weight is 275 g/mol. The summed E-state index contributed by atoms with van der Waals surface area (Å²) in [5.74, 6) is 0.404. The Hall–Kier alpha value is -0.610. The summed E-state index contributed by atoms with van der Waals surface area (Å²) in [6.45, 7) is 1.42. The van der Waals surface area contributed by atoms with E-state index >= 15 is 0 Å². The standard InChI is InChI=1S/C11H12BrFO2/c12-10-6-8(13)3-4-11(10)15-9-2-1-5-14-7-9/h3-4,6,9H,1-2,5,7H2. The van der Waals surface area contributed by atoms with E-state index in [0.29, 0.717) is 16.8 Å². The van der Waals surface area contributed by atoms with Crippen molar-refractivity contribution in [1.82, 2.24) is 0 Å². The molecule has 1 atom stereocenters. The highest BCUT2D eigenvalue weighted by Gasteiger charge is 2.16. The highest BCUT2D eigenvalue weighted by molar-refractivity contribution is 9.10. The Morgan fingerprint density at radius 2 is 2.33 bits per heavy atom. The van der Waals surface area contributed by atoms with Gasteiger partial charge in [-0.1, -0.05) is 0 Å². The van der Waals surface area contributed by atoms with E-state index < -0.39 is 0 Å². The van der Waals surface area contributed by atoms with Gasteiger partial charge < -0.3 is 9.47 Å². The molecule has 2 nitrogen and oxygen atoms in total. The first-order chi connectivity index (χ1) is 7.25. The fourth-order valence-corrected chi connectivity index (χ4v) is 2.00. The van der Waals surface area contributed by atoms with Gasteiger partial charge in [-0.05, 0) is 47.0 Å². The van der Waals surface area contributed by atoms with E-state index in [1.165, 1.54) is 12.1 Å². The van der Waals surface area contributed by atoms with Gasteiger partial charge in [0.2, 0.25) is 0 Å². The van der Waals surface area contributed by atoms with Gasteiger partial charge in [-0.3, -0.25) is 0 Å². The van der Waals surface area contributed by atoms with E-state index in [9.17, 15) is 4.39 Å². The summed E-state index contributed by atoms with van der Waals surface area (Å²) in [6, 6.07) is 4.43. The van der Waals surface area contributed by atoms with Crippen molar-refractivity contribution in [1.29, 1.82) is 0 Å². The molecule has 15 heavy (non-hydrogen) atoms. The Labute approximate surface area is 96.5 Å². The lowest BCUT2D eigenvalue weighted by atomic mass is 10.2. The number of ether oxygens (including phenoxy) is 2. The maximum Gasteiger partial charge on any atom is 0.134 e. The van der Waals surface area contributed by atoms with Gasteiger partial charge >= 0.3 is 0 Å². The summed E-state index contributed by atoms with van der Waals surface area (Å²) in [4.78, 5) is 0. The van der Waals surface area contributed by atoms with Gasteiger partial charge in [0.15, 0.2) is 0 Å². The summed E-state index contributed by atoms with van der Waals surface area (Å²) in [5.41, 5.74) is 0. The highest BCUT2D eigenvalue weighted by atomic mass is 79.9. The number of hydrogen-bond donors (Lipinski definition) is 0. The zero-order valence-corrected chi connectivity index (χ0v) is 9.80. The van der Waals surface area contributed by atoms with Crippen LogP contribution in [0.1, 0.15) is 12.8 Å². The summed E-state index contributed by atoms with van der Waals surface area (Å²) >= 11 is 3.27. The third kappa shape index (κ3) is 2.92. The van der Waals surface area contributed by atoms with Crippen LogP contribution in [-0.4, -0.2) is 19.3 Å². The van der Waals surface area contributed by atoms with Crippen molar-refractivity contribution >= 4 is 15.9 Å². The molecule has 4 heteroatoms. The number of benzene rings is 1. The second kappa shape index (κ2) is 4.94. The Kier molecular flexibility index (Phi) is 3.59. The van der Waals surface area contributed by atoms with Crippen molar-refractivity contribution in [2.45, 2.75) is 18.9 Å². The molecule has 0 amide bonds. The van der Waals surface area contributed by atoms with E-state index in [2.05, 4.69) is 15.9 Å². The van der Waals surface area contributed by atoms with Gasteiger partial charge in [-0.25, -0.2) is 4.39 Å². The van der Waals surface area contributed by atoms with E-state index in [4.69, 9.17) is 9.47 Å². The van der Waals surface area contributed by atoms with Crippen LogP contribution in [0.2, 0.25) is 0 Å². The summed E-state index contributed by atoms with van der Waals surface area (Å²) in [6.07, 6.45) is 2.09. The number of halogens is 2. The smallest absolute Gasteiger partial charge is 0.134 e. The number of hydrogen-bond acceptors (Lipinski definition) is 2. The second-order valence-corrected chi connectivity index (χ2v) is 4.39. The van der Waals surface area contributed by atoms with Gasteiger partial charge in [0.25, 0.3) is 0 Å². The number of rotatable bonds is 2. The molecule has 82 valence electrons. The monoisotopic (exact) mass is 274 g/mol. The maximum atomic E-state index is 12.8. The van der Waals surface area contributed by atoms with Crippen molar-refractivity contribution in [3.05, 3.63) is 28.5 Å². The Bertz CT molecular complexity index is 337. The molecule has 1 heterocycles. The second-order valence-electron chi connectivity index (χ2n) is 3.53. The van der Waals surface area contributed by atoms with Crippen LogP contribution >= 0.6 is 15.9 Å². The first-order valence-electron chi connectivity index (χ1n) is 4.95. The minimum atomic E-state index is -0.269. The van der Waals surface area contributed by atoms with Gasteiger partial charge in [-0.2, -0.15) is 0 Å². The van der Waals surface area contributed by atoms with Gasteiger partial charge in [-0.15, -0.1) is 0 Å². The molecule has 2 rings (SSSR count). The third-order valence-corrected chi connectivity index (χ3v) is 2.93. The van der Waals surface area contributed by atoms with Crippen molar-refractivity contribution in [2.24, 2.45) is 0 Å². The molecule has 1 saturated heterocycles. The van der Waals surface area contributed by atoms with E-state index in [-0.39, 0.29) is 11.9 Å². The lowest BCUT2D eigenvalue weighted by molar-refractivity contribution is 0.00708. The molecule has 0 aromatic heterocycles. The fraction of sp³-hybridized carbons (Fsp3) is 0.455. The Morgan fingerprint density at radius 3 is 3.00 bits per heavy atom. The van der Waals surface area contributed by atoms with Gasteiger partial charge in [0.1, 0.15) is 17.7 Å². The largest absolute Gasteiger partial charge is 0.487 e. The molecule has 1 aromatic rings. The molecule has 0 saturated carbocycles. The van der Waals surface area contributed by atoms with E-state index in [1.54, 1.807) is 6.07 Å². The molecular formula is C11H12BrFO2. The predicted molar refractivity (Wildman–Crippen MR) is 58.6 cm³/mol. The van der Waals surface area contributed by atoms with E-state index in [1.807, 2.05) is 0 Å². The van der Waals surface area contributed by atoms with Crippen molar-refractivity contribution < 1.29 is 13.9 Å². The first-order valence-corrected chi connectivity index (χ1v) is 5.74. The summed E-state index contributed by atoms with van der Waals surface area (Å²) in [7, 11) is 0. The molecule has 1 unspecified atom stereocenters. The highest BCUT2D eigenvalue weighted by Crippen LogP contribution is 2.27. The molecule has 1 aromatic carbocycles. The molecule has 1 aliphatic heterocycles. The van der Waals surface area contributed by atoms with Crippen LogP contribution in [0, 0.1) is 5.82 Å². The van der Waals surface area contributed by atoms with E-state index in [0.717, 1.165) is 19.4 Å². The van der Waals surface area contributed by atoms with Crippen LogP contribution in [0.4, 0.5) is 4.39 Å². The average Bonchev–Trinajstić information content (AvgIpc) is 2.24. The lowest BCUT2D eigenvalue weighted by Gasteiger charge is -2.23. The predicted octanol–water partition coefficient (Wildman–Crippen LogP) is 3.15. The molecule has 0 bridgehead atoms. The van der Waals surface area contributed by atoms with Crippen LogP contribution in [0.3, 0.4) is 0 Å². The zero-order valence-electron chi connectivity index (χ0n) is 8.21. The summed E-state index contributed by atoms with van der Waals surface area (Å²) in [5, 5.41) is 0. The first kappa shape index (κ1) is 10.9. The van der Waals surface area contributed by atoms with Crippen molar-refractivity contribution in [3.63, 3.8) is 0 Å². The fourth-order valence-electron chi connectivity index (χ4n) is 1.55. The quantitative estimate of drug-likeness (QED) is 0.825. The minimum Gasteiger partial charge on any atom is -0.487 e. The minimum absolute atomic E-state index is 0.0838. The molecule has 1 fully saturated rings. The molecule has 1 aliphatic rings. The normalized spacial score (nSPS) is 21.3. The lowest BCUT2D eigenvalue weighted by Crippen LogP contribution is -2.28. The Morgan fingerprint density at radius 1 is 1.47 bits per heavy atom. The molecule has 0 radical (unpaired) electrons. The van der Waals surface area contributed by atoms with Gasteiger partial charge in [0.05, 0.1) is 11.1 Å². The maximum absolute atomic E-state index is 12.8. The SMILES string of the molecule is Fc1ccc(OC2CCCOC2)c(Br)c1. The molecule has 0 spiro atoms. The Balaban J connectivity index is 2.03. The molecule has 0 N–H and O–H groups in total. The van der Waals surface area contributed by atoms with Crippen LogP contribution in [0.5, 0.6) is 5.75 Å². The van der Waals surface area contributed by atoms with Crippen molar-refractivity contribution in [3.8, 4) is 5.75 Å². The van der Waals surface area contributed by atoms with Crippen LogP contribution < -0.4 is 4.74 Å². The topological polar surface area (TPSA) is 18.5 Å². The molecular weight excluding hydrogens is 263 g/mol. The van der Waals surface area contributed by atoms with Crippen LogP contribution in [-0.2, 0) is 4.74 Å². The zero-order chi connectivity index (χ0) is 10.7. The molecule has 0 aliphatic carbocycles. The third-order valence-electron chi connectivity index (χ3n) is 2.31. The van der Waals surface area contributed by atoms with Crippen LogP contribution in [0.25, 0.3) is 0 Å². The van der Waals surface area contributed by atoms with Crippen LogP contribution in [0.15, 0.2) is 22.7 Å². The summed E-state index contributed by atoms with van der Waals surface area (Å²) < 4.78 is 24.5. The van der Waals surface area contributed by atoms with Crippen molar-refractivity contribution in [2.75, 3.05) is 13.2 Å². The van der Waals surface area contributed by atoms with Gasteiger partial charge in [0, 0.05) is 6.61 Å².